The lowest BCUT2D eigenvalue weighted by atomic mass is 10.0. The first-order valence-corrected chi connectivity index (χ1v) is 8.41. The van der Waals surface area contributed by atoms with Gasteiger partial charge in [-0.25, -0.2) is 9.59 Å². The van der Waals surface area contributed by atoms with Crippen molar-refractivity contribution in [1.82, 2.24) is 10.2 Å². The summed E-state index contributed by atoms with van der Waals surface area (Å²) in [5.41, 5.74) is 3.41. The number of benzene rings is 2. The molecular formula is C20H22N2O3. The molecule has 0 saturated carbocycles. The van der Waals surface area contributed by atoms with E-state index in [1.54, 1.807) is 4.90 Å². The highest BCUT2D eigenvalue weighted by Gasteiger charge is 2.26. The molecule has 0 unspecified atom stereocenters. The molecule has 1 heterocycles. The topological polar surface area (TPSA) is 58.6 Å². The monoisotopic (exact) mass is 338 g/mol. The second kappa shape index (κ2) is 7.83. The first kappa shape index (κ1) is 17.0. The summed E-state index contributed by atoms with van der Waals surface area (Å²) in [6.07, 6.45) is 1.23. The molecule has 2 aromatic rings. The van der Waals surface area contributed by atoms with Crippen LogP contribution in [0.4, 0.5) is 4.79 Å². The van der Waals surface area contributed by atoms with Gasteiger partial charge in [-0.3, -0.25) is 0 Å². The molecule has 1 atom stereocenters. The van der Waals surface area contributed by atoms with Crippen molar-refractivity contribution in [2.45, 2.75) is 25.4 Å². The summed E-state index contributed by atoms with van der Waals surface area (Å²) in [5, 5.41) is 2.83. The number of ether oxygens (including phenoxy) is 1. The summed E-state index contributed by atoms with van der Waals surface area (Å²) < 4.78 is 4.86. The number of amides is 2. The smallest absolute Gasteiger partial charge is 0.328 e. The van der Waals surface area contributed by atoms with E-state index in [9.17, 15) is 9.59 Å². The molecule has 130 valence electrons. The van der Waals surface area contributed by atoms with Crippen LogP contribution in [-0.4, -0.2) is 36.6 Å². The van der Waals surface area contributed by atoms with Crippen molar-refractivity contribution in [1.29, 1.82) is 0 Å². The summed E-state index contributed by atoms with van der Waals surface area (Å²) >= 11 is 0. The molecule has 1 N–H and O–H groups in total. The van der Waals surface area contributed by atoms with E-state index in [0.29, 0.717) is 19.5 Å². The van der Waals surface area contributed by atoms with Crippen LogP contribution in [0.5, 0.6) is 0 Å². The number of rotatable bonds is 4. The number of carbonyl (C=O) groups excluding carboxylic acids is 2. The molecule has 2 aromatic carbocycles. The van der Waals surface area contributed by atoms with Crippen molar-refractivity contribution in [3.05, 3.63) is 71.3 Å². The van der Waals surface area contributed by atoms with Gasteiger partial charge in [0.2, 0.25) is 0 Å². The number of methoxy groups -OCH3 is 1. The molecule has 0 fully saturated rings. The van der Waals surface area contributed by atoms with E-state index in [-0.39, 0.29) is 6.03 Å². The van der Waals surface area contributed by atoms with Crippen LogP contribution in [0.1, 0.15) is 16.7 Å². The Morgan fingerprint density at radius 3 is 2.48 bits per heavy atom. The molecule has 0 spiro atoms. The van der Waals surface area contributed by atoms with Gasteiger partial charge >= 0.3 is 12.0 Å². The van der Waals surface area contributed by atoms with E-state index in [4.69, 9.17) is 4.74 Å². The zero-order valence-corrected chi connectivity index (χ0v) is 14.3. The largest absolute Gasteiger partial charge is 0.467 e. The molecule has 1 aliphatic rings. The Kier molecular flexibility index (Phi) is 5.33. The number of urea groups is 1. The second-order valence-corrected chi connectivity index (χ2v) is 6.16. The quantitative estimate of drug-likeness (QED) is 0.872. The lowest BCUT2D eigenvalue weighted by molar-refractivity contribution is -0.142. The van der Waals surface area contributed by atoms with E-state index in [2.05, 4.69) is 11.4 Å². The minimum absolute atomic E-state index is 0.235. The number of fused-ring (bicyclic) bond motifs is 1. The van der Waals surface area contributed by atoms with Gasteiger partial charge in [-0.1, -0.05) is 54.6 Å². The minimum Gasteiger partial charge on any atom is -0.467 e. The third-order valence-electron chi connectivity index (χ3n) is 4.48. The Morgan fingerprint density at radius 2 is 1.76 bits per heavy atom. The normalized spacial score (nSPS) is 14.4. The number of nitrogens with zero attached hydrogens (tertiary/aromatic N) is 1. The maximum atomic E-state index is 12.6. The van der Waals surface area contributed by atoms with Crippen molar-refractivity contribution in [3.8, 4) is 0 Å². The van der Waals surface area contributed by atoms with Crippen LogP contribution in [0.15, 0.2) is 54.6 Å². The summed E-state index contributed by atoms with van der Waals surface area (Å²) in [4.78, 5) is 26.5. The first-order valence-electron chi connectivity index (χ1n) is 8.41. The molecule has 0 saturated heterocycles. The van der Waals surface area contributed by atoms with Gasteiger partial charge < -0.3 is 15.0 Å². The van der Waals surface area contributed by atoms with E-state index in [1.165, 1.54) is 12.7 Å². The van der Waals surface area contributed by atoms with E-state index in [0.717, 1.165) is 17.5 Å². The van der Waals surface area contributed by atoms with Gasteiger partial charge in [-0.2, -0.15) is 0 Å². The highest BCUT2D eigenvalue weighted by Crippen LogP contribution is 2.18. The van der Waals surface area contributed by atoms with Gasteiger partial charge in [0.25, 0.3) is 0 Å². The van der Waals surface area contributed by atoms with Gasteiger partial charge in [0.1, 0.15) is 6.04 Å². The van der Waals surface area contributed by atoms with Crippen LogP contribution in [0, 0.1) is 0 Å². The molecule has 2 amide bonds. The lowest BCUT2D eigenvalue weighted by Gasteiger charge is -2.30. The number of esters is 1. The zero-order chi connectivity index (χ0) is 17.6. The summed E-state index contributed by atoms with van der Waals surface area (Å²) in [5.74, 6) is -0.436. The van der Waals surface area contributed by atoms with Crippen LogP contribution in [0.3, 0.4) is 0 Å². The average molecular weight is 338 g/mol. The van der Waals surface area contributed by atoms with Crippen LogP contribution >= 0.6 is 0 Å². The zero-order valence-electron chi connectivity index (χ0n) is 14.3. The van der Waals surface area contributed by atoms with E-state index >= 15 is 0 Å². The summed E-state index contributed by atoms with van der Waals surface area (Å²) in [6.45, 7) is 1.20. The molecule has 0 aromatic heterocycles. The molecule has 0 aliphatic carbocycles. The predicted octanol–water partition coefficient (Wildman–Crippen LogP) is 2.54. The number of hydrogen-bond donors (Lipinski definition) is 1. The number of nitrogens with one attached hydrogen (secondary N) is 1. The molecule has 0 bridgehead atoms. The molecule has 25 heavy (non-hydrogen) atoms. The fourth-order valence-corrected chi connectivity index (χ4v) is 3.09. The lowest BCUT2D eigenvalue weighted by Crippen LogP contribution is -2.50. The van der Waals surface area contributed by atoms with E-state index in [1.807, 2.05) is 48.5 Å². The van der Waals surface area contributed by atoms with Crippen LogP contribution < -0.4 is 5.32 Å². The molecule has 5 heteroatoms. The maximum Gasteiger partial charge on any atom is 0.328 e. The predicted molar refractivity (Wildman–Crippen MR) is 95.0 cm³/mol. The third-order valence-corrected chi connectivity index (χ3v) is 4.48. The third kappa shape index (κ3) is 4.18. The van der Waals surface area contributed by atoms with Gasteiger partial charge in [-0.15, -0.1) is 0 Å². The Labute approximate surface area is 147 Å². The molecule has 5 nitrogen and oxygen atoms in total. The molecule has 1 aliphatic heterocycles. The molecule has 3 rings (SSSR count). The van der Waals surface area contributed by atoms with Gasteiger partial charge in [0, 0.05) is 19.5 Å². The molecule has 0 radical (unpaired) electrons. The fraction of sp³-hybridized carbons (Fsp3) is 0.300. The summed E-state index contributed by atoms with van der Waals surface area (Å²) in [6, 6.07) is 16.8. The average Bonchev–Trinajstić information content (AvgIpc) is 2.67. The van der Waals surface area contributed by atoms with Gasteiger partial charge in [-0.05, 0) is 23.1 Å². The van der Waals surface area contributed by atoms with Crippen molar-refractivity contribution in [3.63, 3.8) is 0 Å². The van der Waals surface area contributed by atoms with Crippen molar-refractivity contribution >= 4 is 12.0 Å². The van der Waals surface area contributed by atoms with E-state index < -0.39 is 12.0 Å². The second-order valence-electron chi connectivity index (χ2n) is 6.16. The van der Waals surface area contributed by atoms with Gasteiger partial charge in [0.05, 0.1) is 7.11 Å². The summed E-state index contributed by atoms with van der Waals surface area (Å²) in [7, 11) is 1.34. The standard InChI is InChI=1S/C20H22N2O3/c1-25-19(23)18(13-15-7-3-2-4-8-15)21-20(24)22-12-11-16-9-5-6-10-17(16)14-22/h2-10,18H,11-14H2,1H3,(H,21,24)/t18-/m1/s1. The van der Waals surface area contributed by atoms with Gasteiger partial charge in [0.15, 0.2) is 0 Å². The van der Waals surface area contributed by atoms with Crippen molar-refractivity contribution in [2.75, 3.05) is 13.7 Å². The highest BCUT2D eigenvalue weighted by molar-refractivity contribution is 5.84. The van der Waals surface area contributed by atoms with Crippen molar-refractivity contribution < 1.29 is 14.3 Å². The van der Waals surface area contributed by atoms with Crippen LogP contribution in [0.2, 0.25) is 0 Å². The molecular weight excluding hydrogens is 316 g/mol. The first-order chi connectivity index (χ1) is 12.2. The van der Waals surface area contributed by atoms with Crippen LogP contribution in [-0.2, 0) is 28.9 Å². The maximum absolute atomic E-state index is 12.6. The Bertz CT molecular complexity index is 746. The fourth-order valence-electron chi connectivity index (χ4n) is 3.09. The van der Waals surface area contributed by atoms with Crippen molar-refractivity contribution in [2.24, 2.45) is 0 Å². The number of hydrogen-bond acceptors (Lipinski definition) is 3. The minimum atomic E-state index is -0.697. The highest BCUT2D eigenvalue weighted by atomic mass is 16.5. The van der Waals surface area contributed by atoms with Crippen LogP contribution in [0.25, 0.3) is 0 Å². The Balaban J connectivity index is 1.67. The Hall–Kier alpha value is -2.82. The Morgan fingerprint density at radius 1 is 1.08 bits per heavy atom. The number of carbonyl (C=O) groups is 2. The SMILES string of the molecule is COC(=O)[C@@H](Cc1ccccc1)NC(=O)N1CCc2ccccc2C1.